The van der Waals surface area contributed by atoms with E-state index in [0.717, 1.165) is 34.3 Å². The number of aliphatic hydroxyl groups is 1. The molecule has 0 heterocycles. The van der Waals surface area contributed by atoms with Crippen LogP contribution in [0.25, 0.3) is 0 Å². The highest BCUT2D eigenvalue weighted by atomic mass is 79.9. The Morgan fingerprint density at radius 2 is 1.83 bits per heavy atom. The molecule has 2 rings (SSSR count). The molecule has 134 valence electrons. The third-order valence-corrected chi connectivity index (χ3v) is 6.05. The molecule has 6 nitrogen and oxygen atoms in total. The van der Waals surface area contributed by atoms with Crippen LogP contribution in [-0.2, 0) is 14.8 Å². The van der Waals surface area contributed by atoms with E-state index in [-0.39, 0.29) is 18.5 Å². The summed E-state index contributed by atoms with van der Waals surface area (Å²) >= 11 is 3.31. The van der Waals surface area contributed by atoms with E-state index in [9.17, 15) is 18.3 Å². The maximum absolute atomic E-state index is 12.6. The number of hydrogen-bond acceptors (Lipinski definition) is 4. The smallest absolute Gasteiger partial charge is 0.243 e. The van der Waals surface area contributed by atoms with E-state index in [1.165, 1.54) is 4.90 Å². The van der Waals surface area contributed by atoms with Crippen molar-refractivity contribution in [2.45, 2.75) is 37.8 Å². The topological polar surface area (TPSA) is 77.9 Å². The fraction of sp³-hybridized carbons (Fsp3) is 0.562. The lowest BCUT2D eigenvalue weighted by molar-refractivity contribution is -0.133. The molecule has 8 heteroatoms. The molecule has 24 heavy (non-hydrogen) atoms. The van der Waals surface area contributed by atoms with Gasteiger partial charge in [0.2, 0.25) is 15.9 Å². The van der Waals surface area contributed by atoms with Crippen LogP contribution in [0.15, 0.2) is 28.7 Å². The van der Waals surface area contributed by atoms with Crippen molar-refractivity contribution in [3.05, 3.63) is 28.7 Å². The fourth-order valence-electron chi connectivity index (χ4n) is 2.97. The van der Waals surface area contributed by atoms with Crippen LogP contribution in [0.3, 0.4) is 0 Å². The van der Waals surface area contributed by atoms with E-state index in [4.69, 9.17) is 0 Å². The Labute approximate surface area is 151 Å². The minimum Gasteiger partial charge on any atom is -0.391 e. The molecular formula is C16H23BrN2O4S. The number of amides is 1. The van der Waals surface area contributed by atoms with Gasteiger partial charge in [-0.2, -0.15) is 0 Å². The molecule has 1 aliphatic carbocycles. The van der Waals surface area contributed by atoms with Gasteiger partial charge in [0.05, 0.1) is 24.1 Å². The second-order valence-corrected chi connectivity index (χ2v) is 8.99. The minimum atomic E-state index is -3.60. The summed E-state index contributed by atoms with van der Waals surface area (Å²) < 4.78 is 26.1. The molecule has 1 aromatic carbocycles. The lowest BCUT2D eigenvalue weighted by atomic mass is 9.91. The van der Waals surface area contributed by atoms with Crippen LogP contribution in [0.5, 0.6) is 0 Å². The molecule has 0 spiro atoms. The van der Waals surface area contributed by atoms with Crippen molar-refractivity contribution in [3.63, 3.8) is 0 Å². The highest BCUT2D eigenvalue weighted by Crippen LogP contribution is 2.24. The number of benzene rings is 1. The van der Waals surface area contributed by atoms with Crippen LogP contribution in [0.2, 0.25) is 0 Å². The molecule has 0 aromatic heterocycles. The minimum absolute atomic E-state index is 0.252. The van der Waals surface area contributed by atoms with Gasteiger partial charge < -0.3 is 10.0 Å². The Kier molecular flexibility index (Phi) is 6.28. The van der Waals surface area contributed by atoms with Crippen LogP contribution in [0, 0.1) is 0 Å². The average molecular weight is 419 g/mol. The van der Waals surface area contributed by atoms with Gasteiger partial charge in [0.15, 0.2) is 0 Å². The highest BCUT2D eigenvalue weighted by Gasteiger charge is 2.31. The quantitative estimate of drug-likeness (QED) is 0.792. The van der Waals surface area contributed by atoms with Crippen molar-refractivity contribution in [2.75, 3.05) is 24.2 Å². The maximum atomic E-state index is 12.6. The zero-order valence-corrected chi connectivity index (χ0v) is 16.3. The standard InChI is InChI=1S/C16H23BrN2O4S/c1-18(14-5-3-4-6-15(14)20)16(21)11-19(24(2,22)23)13-9-7-12(17)8-10-13/h7-10,14-15,20H,3-6,11H2,1-2H3. The van der Waals surface area contributed by atoms with Crippen LogP contribution in [0.1, 0.15) is 25.7 Å². The first-order chi connectivity index (χ1) is 11.2. The van der Waals surface area contributed by atoms with Gasteiger partial charge in [-0.25, -0.2) is 8.42 Å². The molecule has 0 bridgehead atoms. The van der Waals surface area contributed by atoms with E-state index in [0.29, 0.717) is 12.1 Å². The van der Waals surface area contributed by atoms with Crippen molar-refractivity contribution in [1.29, 1.82) is 0 Å². The predicted octanol–water partition coefficient (Wildman–Crippen LogP) is 1.98. The Balaban J connectivity index is 2.17. The first-order valence-electron chi connectivity index (χ1n) is 7.87. The third kappa shape index (κ3) is 4.70. The molecule has 0 saturated heterocycles. The number of aliphatic hydroxyl groups excluding tert-OH is 1. The summed E-state index contributed by atoms with van der Waals surface area (Å²) in [5.41, 5.74) is 0.437. The molecule has 1 fully saturated rings. The number of likely N-dealkylation sites (N-methyl/N-ethyl adjacent to an activating group) is 1. The second-order valence-electron chi connectivity index (χ2n) is 6.17. The van der Waals surface area contributed by atoms with Crippen LogP contribution < -0.4 is 4.31 Å². The zero-order chi connectivity index (χ0) is 17.9. The predicted molar refractivity (Wildman–Crippen MR) is 97.4 cm³/mol. The van der Waals surface area contributed by atoms with Crippen LogP contribution in [-0.4, -0.2) is 56.3 Å². The van der Waals surface area contributed by atoms with Crippen molar-refractivity contribution < 1.29 is 18.3 Å². The number of nitrogens with zero attached hydrogens (tertiary/aromatic N) is 2. The fourth-order valence-corrected chi connectivity index (χ4v) is 4.08. The summed E-state index contributed by atoms with van der Waals surface area (Å²) in [6.07, 6.45) is 3.85. The summed E-state index contributed by atoms with van der Waals surface area (Å²) in [5, 5.41) is 10.1. The normalized spacial score (nSPS) is 21.3. The molecule has 2 unspecified atom stereocenters. The molecule has 0 radical (unpaired) electrons. The SMILES string of the molecule is CN(C(=O)CN(c1ccc(Br)cc1)S(C)(=O)=O)C1CCCCC1O. The summed E-state index contributed by atoms with van der Waals surface area (Å²) in [5.74, 6) is -0.325. The molecule has 1 amide bonds. The number of rotatable bonds is 5. The van der Waals surface area contributed by atoms with Gasteiger partial charge in [-0.3, -0.25) is 9.10 Å². The number of carbonyl (C=O) groups excluding carboxylic acids is 1. The van der Waals surface area contributed by atoms with E-state index in [1.54, 1.807) is 31.3 Å². The van der Waals surface area contributed by atoms with E-state index >= 15 is 0 Å². The van der Waals surface area contributed by atoms with Crippen molar-refractivity contribution in [1.82, 2.24) is 4.90 Å². The largest absolute Gasteiger partial charge is 0.391 e. The van der Waals surface area contributed by atoms with Crippen LogP contribution in [0.4, 0.5) is 5.69 Å². The van der Waals surface area contributed by atoms with Crippen molar-refractivity contribution in [2.24, 2.45) is 0 Å². The van der Waals surface area contributed by atoms with Gasteiger partial charge in [0.25, 0.3) is 0 Å². The first-order valence-corrected chi connectivity index (χ1v) is 10.5. The maximum Gasteiger partial charge on any atom is 0.243 e. The average Bonchev–Trinajstić information content (AvgIpc) is 2.52. The number of sulfonamides is 1. The van der Waals surface area contributed by atoms with Gasteiger partial charge in [0, 0.05) is 11.5 Å². The Bertz CT molecular complexity index is 678. The molecule has 1 aromatic rings. The molecule has 0 aliphatic heterocycles. The molecule has 1 aliphatic rings. The van der Waals surface area contributed by atoms with Crippen LogP contribution >= 0.6 is 15.9 Å². The molecule has 1 saturated carbocycles. The summed E-state index contributed by atoms with van der Waals surface area (Å²) in [6, 6.07) is 6.50. The lowest BCUT2D eigenvalue weighted by Crippen LogP contribution is -2.50. The Morgan fingerprint density at radius 3 is 2.38 bits per heavy atom. The number of carbonyl (C=O) groups is 1. The summed E-state index contributed by atoms with van der Waals surface area (Å²) in [7, 11) is -1.97. The first kappa shape index (κ1) is 19.2. The molecular weight excluding hydrogens is 396 g/mol. The number of hydrogen-bond donors (Lipinski definition) is 1. The van der Waals surface area contributed by atoms with Crippen molar-refractivity contribution in [3.8, 4) is 0 Å². The van der Waals surface area contributed by atoms with Gasteiger partial charge in [-0.15, -0.1) is 0 Å². The van der Waals surface area contributed by atoms with Gasteiger partial charge >= 0.3 is 0 Å². The van der Waals surface area contributed by atoms with Crippen molar-refractivity contribution >= 4 is 37.5 Å². The van der Waals surface area contributed by atoms with Gasteiger partial charge in [-0.1, -0.05) is 28.8 Å². The molecule has 2 atom stereocenters. The summed E-state index contributed by atoms with van der Waals surface area (Å²) in [4.78, 5) is 14.1. The van der Waals surface area contributed by atoms with Gasteiger partial charge in [-0.05, 0) is 37.1 Å². The number of halogens is 1. The van der Waals surface area contributed by atoms with E-state index in [2.05, 4.69) is 15.9 Å². The second kappa shape index (κ2) is 7.84. The zero-order valence-electron chi connectivity index (χ0n) is 13.9. The summed E-state index contributed by atoms with van der Waals surface area (Å²) in [6.45, 7) is -0.278. The molecule has 1 N–H and O–H groups in total. The van der Waals surface area contributed by atoms with Gasteiger partial charge in [0.1, 0.15) is 6.54 Å². The van der Waals surface area contributed by atoms with E-state index < -0.39 is 16.1 Å². The van der Waals surface area contributed by atoms with E-state index in [1.807, 2.05) is 0 Å². The third-order valence-electron chi connectivity index (χ3n) is 4.38. The Hall–Kier alpha value is -1.12. The lowest BCUT2D eigenvalue weighted by Gasteiger charge is -2.36. The Morgan fingerprint density at radius 1 is 1.25 bits per heavy atom. The monoisotopic (exact) mass is 418 g/mol. The number of anilines is 1. The highest BCUT2D eigenvalue weighted by molar-refractivity contribution is 9.10.